The minimum atomic E-state index is -0.692. The summed E-state index contributed by atoms with van der Waals surface area (Å²) in [4.78, 5) is 6.40. The highest BCUT2D eigenvalue weighted by Gasteiger charge is 2.29. The van der Waals surface area contributed by atoms with Gasteiger partial charge >= 0.3 is 0 Å². The van der Waals surface area contributed by atoms with Crippen LogP contribution in [0.1, 0.15) is 16.7 Å². The van der Waals surface area contributed by atoms with Gasteiger partial charge in [-0.25, -0.2) is 8.78 Å². The Labute approximate surface area is 243 Å². The lowest BCUT2D eigenvalue weighted by molar-refractivity contribution is 0.0224. The van der Waals surface area contributed by atoms with Crippen molar-refractivity contribution in [2.24, 2.45) is 0 Å². The third-order valence-corrected chi connectivity index (χ3v) is 7.12. The van der Waals surface area contributed by atoms with Crippen molar-refractivity contribution in [1.29, 1.82) is 0 Å². The zero-order valence-electron chi connectivity index (χ0n) is 23.0. The predicted octanol–water partition coefficient (Wildman–Crippen LogP) is 7.59. The predicted molar refractivity (Wildman–Crippen MR) is 158 cm³/mol. The largest absolute Gasteiger partial charge is 0.473 e. The van der Waals surface area contributed by atoms with Gasteiger partial charge in [-0.15, -0.1) is 0 Å². The van der Waals surface area contributed by atoms with E-state index in [1.807, 2.05) is 95.9 Å². The average Bonchev–Trinajstić information content (AvgIpc) is 3.00. The van der Waals surface area contributed by atoms with Crippen molar-refractivity contribution in [2.45, 2.75) is 25.9 Å². The van der Waals surface area contributed by atoms with Crippen LogP contribution in [0.2, 0.25) is 0 Å². The second kappa shape index (κ2) is 12.8. The number of ether oxygens (including phenoxy) is 3. The van der Waals surface area contributed by atoms with E-state index in [4.69, 9.17) is 14.2 Å². The second-order valence-electron chi connectivity index (χ2n) is 10.2. The van der Waals surface area contributed by atoms with Crippen molar-refractivity contribution in [3.63, 3.8) is 0 Å². The molecule has 4 aromatic carbocycles. The number of halogens is 2. The van der Waals surface area contributed by atoms with Gasteiger partial charge < -0.3 is 19.1 Å². The van der Waals surface area contributed by atoms with Crippen LogP contribution < -0.4 is 14.4 Å². The van der Waals surface area contributed by atoms with E-state index in [0.29, 0.717) is 37.9 Å². The van der Waals surface area contributed by atoms with Crippen LogP contribution in [0.5, 0.6) is 11.8 Å². The lowest BCUT2D eigenvalue weighted by atomic mass is 10.0. The topological polar surface area (TPSA) is 43.8 Å². The van der Waals surface area contributed by atoms with Gasteiger partial charge in [0.15, 0.2) is 0 Å². The van der Waals surface area contributed by atoms with E-state index in [1.54, 1.807) is 12.1 Å². The van der Waals surface area contributed by atoms with Gasteiger partial charge in [-0.1, -0.05) is 91.0 Å². The molecule has 0 saturated carbocycles. The molecule has 0 unspecified atom stereocenters. The Kier molecular flexibility index (Phi) is 8.38. The number of aromatic nitrogens is 1. The Hall–Kier alpha value is -4.75. The maximum atomic E-state index is 15.6. The van der Waals surface area contributed by atoms with E-state index < -0.39 is 11.6 Å². The highest BCUT2D eigenvalue weighted by atomic mass is 19.1. The summed E-state index contributed by atoms with van der Waals surface area (Å²) in [6.07, 6.45) is 0.00150. The molecule has 0 aliphatic carbocycles. The standard InChI is InChI=1S/C35H30F2N2O3/c36-31-18-28(39-20-29(21-39)40-22-25-10-4-1-5-11-25)19-32(37)34(31)30-16-17-33(41-23-26-12-6-2-7-13-26)38-35(30)42-24-27-14-8-3-9-15-27/h1-19,29H,20-24H2. The number of anilines is 1. The molecule has 1 aromatic heterocycles. The third kappa shape index (κ3) is 6.58. The van der Waals surface area contributed by atoms with Crippen molar-refractivity contribution in [3.05, 3.63) is 144 Å². The van der Waals surface area contributed by atoms with Crippen LogP contribution in [0.4, 0.5) is 14.5 Å². The first-order valence-electron chi connectivity index (χ1n) is 13.9. The Morgan fingerprint density at radius 3 is 1.74 bits per heavy atom. The number of nitrogens with zero attached hydrogens (tertiary/aromatic N) is 2. The van der Waals surface area contributed by atoms with E-state index in [9.17, 15) is 0 Å². The summed E-state index contributed by atoms with van der Waals surface area (Å²) in [5, 5.41) is 0. The van der Waals surface area contributed by atoms with Crippen LogP contribution in [-0.2, 0) is 24.6 Å². The maximum Gasteiger partial charge on any atom is 0.225 e. The van der Waals surface area contributed by atoms with Crippen LogP contribution in [0.25, 0.3) is 11.1 Å². The molecule has 2 heterocycles. The van der Waals surface area contributed by atoms with Crippen molar-refractivity contribution in [3.8, 4) is 22.9 Å². The van der Waals surface area contributed by atoms with E-state index in [1.165, 1.54) is 12.1 Å². The van der Waals surface area contributed by atoms with Crippen molar-refractivity contribution < 1.29 is 23.0 Å². The Balaban J connectivity index is 1.19. The molecule has 1 aliphatic rings. The minimum absolute atomic E-state index is 0.00150. The van der Waals surface area contributed by atoms with Gasteiger partial charge in [0.2, 0.25) is 11.8 Å². The normalized spacial score (nSPS) is 13.0. The Morgan fingerprint density at radius 2 is 1.17 bits per heavy atom. The minimum Gasteiger partial charge on any atom is -0.473 e. The number of pyridine rings is 1. The molecule has 1 aliphatic heterocycles. The molecule has 5 aromatic rings. The third-order valence-electron chi connectivity index (χ3n) is 7.12. The summed E-state index contributed by atoms with van der Waals surface area (Å²) >= 11 is 0. The van der Waals surface area contributed by atoms with Gasteiger partial charge in [-0.3, -0.25) is 0 Å². The Bertz CT molecular complexity index is 1590. The van der Waals surface area contributed by atoms with Gasteiger partial charge in [0.1, 0.15) is 24.8 Å². The lowest BCUT2D eigenvalue weighted by Crippen LogP contribution is -2.52. The molecule has 212 valence electrons. The monoisotopic (exact) mass is 564 g/mol. The molecular weight excluding hydrogens is 534 g/mol. The summed E-state index contributed by atoms with van der Waals surface area (Å²) in [7, 11) is 0. The zero-order valence-corrected chi connectivity index (χ0v) is 23.0. The Morgan fingerprint density at radius 1 is 0.643 bits per heavy atom. The van der Waals surface area contributed by atoms with Crippen LogP contribution >= 0.6 is 0 Å². The van der Waals surface area contributed by atoms with Crippen molar-refractivity contribution in [2.75, 3.05) is 18.0 Å². The molecule has 1 saturated heterocycles. The molecule has 0 amide bonds. The lowest BCUT2D eigenvalue weighted by Gasteiger charge is -2.40. The SMILES string of the molecule is Fc1cc(N2CC(OCc3ccccc3)C2)cc(F)c1-c1ccc(OCc2ccccc2)nc1OCc1ccccc1. The van der Waals surface area contributed by atoms with Crippen LogP contribution in [0.15, 0.2) is 115 Å². The molecular formula is C35H30F2N2O3. The highest BCUT2D eigenvalue weighted by Crippen LogP contribution is 2.37. The molecule has 6 rings (SSSR count). The van der Waals surface area contributed by atoms with Gasteiger partial charge in [0.05, 0.1) is 23.8 Å². The number of benzene rings is 4. The second-order valence-corrected chi connectivity index (χ2v) is 10.2. The quantitative estimate of drug-likeness (QED) is 0.165. The summed E-state index contributed by atoms with van der Waals surface area (Å²) < 4.78 is 49.0. The van der Waals surface area contributed by atoms with Crippen LogP contribution in [0.3, 0.4) is 0 Å². The fourth-order valence-electron chi connectivity index (χ4n) is 4.80. The van der Waals surface area contributed by atoms with Gasteiger partial charge in [-0.05, 0) is 34.9 Å². The molecule has 0 bridgehead atoms. The van der Waals surface area contributed by atoms with Crippen molar-refractivity contribution >= 4 is 5.69 Å². The molecule has 0 radical (unpaired) electrons. The molecule has 7 heteroatoms. The fraction of sp³-hybridized carbons (Fsp3) is 0.171. The zero-order chi connectivity index (χ0) is 28.7. The molecule has 42 heavy (non-hydrogen) atoms. The summed E-state index contributed by atoms with van der Waals surface area (Å²) in [6, 6.07) is 35.0. The van der Waals surface area contributed by atoms with E-state index >= 15 is 8.78 Å². The fourth-order valence-corrected chi connectivity index (χ4v) is 4.80. The summed E-state index contributed by atoms with van der Waals surface area (Å²) in [6.45, 7) is 2.11. The van der Waals surface area contributed by atoms with Crippen LogP contribution in [0, 0.1) is 11.6 Å². The molecule has 0 N–H and O–H groups in total. The number of hydrogen-bond acceptors (Lipinski definition) is 5. The average molecular weight is 565 g/mol. The van der Waals surface area contributed by atoms with Gasteiger partial charge in [0.25, 0.3) is 0 Å². The van der Waals surface area contributed by atoms with E-state index in [0.717, 1.165) is 16.7 Å². The number of rotatable bonds is 11. The first-order valence-corrected chi connectivity index (χ1v) is 13.9. The summed E-state index contributed by atoms with van der Waals surface area (Å²) in [5.41, 5.74) is 3.46. The molecule has 0 atom stereocenters. The first kappa shape index (κ1) is 27.4. The molecule has 0 spiro atoms. The molecule has 5 nitrogen and oxygen atoms in total. The van der Waals surface area contributed by atoms with Crippen molar-refractivity contribution in [1.82, 2.24) is 4.98 Å². The van der Waals surface area contributed by atoms with Gasteiger partial charge in [0, 0.05) is 24.8 Å². The van der Waals surface area contributed by atoms with Gasteiger partial charge in [-0.2, -0.15) is 4.98 Å². The summed E-state index contributed by atoms with van der Waals surface area (Å²) in [5.74, 6) is -0.996. The van der Waals surface area contributed by atoms with E-state index in [2.05, 4.69) is 4.98 Å². The first-order chi connectivity index (χ1) is 20.6. The van der Waals surface area contributed by atoms with Crippen LogP contribution in [-0.4, -0.2) is 24.2 Å². The number of hydrogen-bond donors (Lipinski definition) is 0. The smallest absolute Gasteiger partial charge is 0.225 e. The molecule has 1 fully saturated rings. The van der Waals surface area contributed by atoms with E-state index in [-0.39, 0.29) is 29.7 Å². The highest BCUT2D eigenvalue weighted by molar-refractivity contribution is 5.72. The maximum absolute atomic E-state index is 15.6.